The lowest BCUT2D eigenvalue weighted by Gasteiger charge is -2.00. The quantitative estimate of drug-likeness (QED) is 0.778. The molecule has 0 spiro atoms. The number of hydrogen-bond donors (Lipinski definition) is 1. The van der Waals surface area contributed by atoms with Crippen molar-refractivity contribution in [2.75, 3.05) is 0 Å². The van der Waals surface area contributed by atoms with E-state index in [1.807, 2.05) is 24.3 Å². The second kappa shape index (κ2) is 4.74. The zero-order valence-corrected chi connectivity index (χ0v) is 10.6. The molecular formula is C14H10ClN3O. The van der Waals surface area contributed by atoms with Crippen molar-refractivity contribution in [2.45, 2.75) is 0 Å². The average Bonchev–Trinajstić information content (AvgIpc) is 2.82. The van der Waals surface area contributed by atoms with Gasteiger partial charge in [-0.1, -0.05) is 29.8 Å². The summed E-state index contributed by atoms with van der Waals surface area (Å²) in [6.07, 6.45) is 1.65. The second-order valence-electron chi connectivity index (χ2n) is 4.00. The molecule has 3 rings (SSSR count). The van der Waals surface area contributed by atoms with Crippen LogP contribution in [-0.4, -0.2) is 19.9 Å². The monoisotopic (exact) mass is 271 g/mol. The van der Waals surface area contributed by atoms with Crippen LogP contribution >= 0.6 is 11.6 Å². The van der Waals surface area contributed by atoms with Crippen LogP contribution in [0.2, 0.25) is 5.02 Å². The molecule has 19 heavy (non-hydrogen) atoms. The largest absolute Gasteiger partial charge is 0.493 e. The first kappa shape index (κ1) is 11.7. The third-order valence-electron chi connectivity index (χ3n) is 2.68. The van der Waals surface area contributed by atoms with Gasteiger partial charge in [0.05, 0.1) is 5.69 Å². The first-order valence-electron chi connectivity index (χ1n) is 5.70. The minimum atomic E-state index is 0.0358. The molecule has 0 saturated carbocycles. The molecule has 5 heteroatoms. The molecule has 94 valence electrons. The molecule has 0 aliphatic rings. The summed E-state index contributed by atoms with van der Waals surface area (Å²) in [5.74, 6) is 0.599. The van der Waals surface area contributed by atoms with Gasteiger partial charge in [0.15, 0.2) is 5.82 Å². The molecular weight excluding hydrogens is 262 g/mol. The Balaban J connectivity index is 2.07. The fourth-order valence-electron chi connectivity index (χ4n) is 1.81. The van der Waals surface area contributed by atoms with Crippen molar-refractivity contribution in [3.8, 4) is 23.0 Å². The molecule has 0 atom stereocenters. The molecule has 1 N–H and O–H groups in total. The maximum Gasteiger partial charge on any atom is 0.216 e. The van der Waals surface area contributed by atoms with E-state index in [0.717, 1.165) is 5.56 Å². The number of halogens is 1. The Morgan fingerprint density at radius 3 is 2.68 bits per heavy atom. The summed E-state index contributed by atoms with van der Waals surface area (Å²) in [4.78, 5) is 4.15. The molecule has 2 aromatic heterocycles. The van der Waals surface area contributed by atoms with Gasteiger partial charge < -0.3 is 5.11 Å². The topological polar surface area (TPSA) is 50.9 Å². The van der Waals surface area contributed by atoms with Gasteiger partial charge >= 0.3 is 0 Å². The molecule has 4 nitrogen and oxygen atoms in total. The first-order chi connectivity index (χ1) is 9.24. The lowest BCUT2D eigenvalue weighted by Crippen LogP contribution is -1.98. The Morgan fingerprint density at radius 1 is 1.05 bits per heavy atom. The lowest BCUT2D eigenvalue weighted by atomic mass is 10.2. The van der Waals surface area contributed by atoms with Crippen molar-refractivity contribution < 1.29 is 5.11 Å². The van der Waals surface area contributed by atoms with E-state index in [2.05, 4.69) is 10.1 Å². The summed E-state index contributed by atoms with van der Waals surface area (Å²) in [6, 6.07) is 14.3. The number of aromatic nitrogens is 3. The zero-order chi connectivity index (χ0) is 13.2. The van der Waals surface area contributed by atoms with Gasteiger partial charge in [-0.05, 0) is 24.3 Å². The Hall–Kier alpha value is -2.33. The van der Waals surface area contributed by atoms with E-state index in [0.29, 0.717) is 16.5 Å². The fourth-order valence-corrected chi connectivity index (χ4v) is 2.00. The summed E-state index contributed by atoms with van der Waals surface area (Å²) in [5.41, 5.74) is 1.49. The van der Waals surface area contributed by atoms with Gasteiger partial charge in [0, 0.05) is 22.8 Å². The highest BCUT2D eigenvalue weighted by Gasteiger charge is 2.10. The smallest absolute Gasteiger partial charge is 0.216 e. The fraction of sp³-hybridized carbons (Fsp3) is 0. The summed E-state index contributed by atoms with van der Waals surface area (Å²) in [7, 11) is 0. The van der Waals surface area contributed by atoms with Crippen LogP contribution in [0.15, 0.2) is 54.7 Å². The zero-order valence-electron chi connectivity index (χ0n) is 9.86. The molecule has 0 fully saturated rings. The second-order valence-corrected chi connectivity index (χ2v) is 4.43. The van der Waals surface area contributed by atoms with Crippen molar-refractivity contribution in [2.24, 2.45) is 0 Å². The van der Waals surface area contributed by atoms with E-state index in [9.17, 15) is 5.11 Å². The van der Waals surface area contributed by atoms with E-state index in [4.69, 9.17) is 11.6 Å². The van der Waals surface area contributed by atoms with Crippen molar-refractivity contribution in [1.82, 2.24) is 14.8 Å². The van der Waals surface area contributed by atoms with Gasteiger partial charge in [0.2, 0.25) is 5.88 Å². The van der Waals surface area contributed by atoms with Crippen LogP contribution in [0.5, 0.6) is 5.88 Å². The maximum absolute atomic E-state index is 9.94. The SMILES string of the molecule is Oc1cc(-c2cccc(Cl)c2)nn1-c1ccccn1. The molecule has 3 aromatic rings. The number of aromatic hydroxyl groups is 1. The number of benzene rings is 1. The molecule has 0 aliphatic carbocycles. The molecule has 2 heterocycles. The highest BCUT2D eigenvalue weighted by atomic mass is 35.5. The van der Waals surface area contributed by atoms with Crippen LogP contribution in [0.3, 0.4) is 0 Å². The van der Waals surface area contributed by atoms with Gasteiger partial charge in [-0.2, -0.15) is 9.78 Å². The third kappa shape index (κ3) is 2.30. The van der Waals surface area contributed by atoms with E-state index in [-0.39, 0.29) is 5.88 Å². The van der Waals surface area contributed by atoms with Crippen LogP contribution in [0.25, 0.3) is 17.1 Å². The van der Waals surface area contributed by atoms with Crippen molar-refractivity contribution >= 4 is 11.6 Å². The highest BCUT2D eigenvalue weighted by Crippen LogP contribution is 2.26. The van der Waals surface area contributed by atoms with E-state index in [1.54, 1.807) is 30.5 Å². The van der Waals surface area contributed by atoms with Crippen LogP contribution < -0.4 is 0 Å². The third-order valence-corrected chi connectivity index (χ3v) is 2.91. The maximum atomic E-state index is 9.94. The molecule has 0 amide bonds. The van der Waals surface area contributed by atoms with Crippen LogP contribution in [0, 0.1) is 0 Å². The molecule has 0 bridgehead atoms. The van der Waals surface area contributed by atoms with Crippen LogP contribution in [-0.2, 0) is 0 Å². The minimum Gasteiger partial charge on any atom is -0.493 e. The van der Waals surface area contributed by atoms with E-state index >= 15 is 0 Å². The van der Waals surface area contributed by atoms with Gasteiger partial charge in [0.1, 0.15) is 0 Å². The Bertz CT molecular complexity index is 710. The van der Waals surface area contributed by atoms with Crippen LogP contribution in [0.4, 0.5) is 0 Å². The Kier molecular flexibility index (Phi) is 2.93. The van der Waals surface area contributed by atoms with Gasteiger partial charge in [-0.3, -0.25) is 0 Å². The predicted octanol–water partition coefficient (Wildman–Crippen LogP) is 3.29. The van der Waals surface area contributed by atoms with Crippen molar-refractivity contribution in [3.63, 3.8) is 0 Å². The molecule has 0 aliphatic heterocycles. The van der Waals surface area contributed by atoms with Gasteiger partial charge in [-0.25, -0.2) is 4.98 Å². The Morgan fingerprint density at radius 2 is 1.95 bits per heavy atom. The number of nitrogens with zero attached hydrogens (tertiary/aromatic N) is 3. The minimum absolute atomic E-state index is 0.0358. The van der Waals surface area contributed by atoms with E-state index < -0.39 is 0 Å². The number of rotatable bonds is 2. The van der Waals surface area contributed by atoms with Crippen LogP contribution in [0.1, 0.15) is 0 Å². The molecule has 0 unspecified atom stereocenters. The summed E-state index contributed by atoms with van der Waals surface area (Å²) in [6.45, 7) is 0. The number of hydrogen-bond acceptors (Lipinski definition) is 3. The summed E-state index contributed by atoms with van der Waals surface area (Å²) in [5, 5.41) is 14.9. The molecule has 0 radical (unpaired) electrons. The predicted molar refractivity (Wildman–Crippen MR) is 73.5 cm³/mol. The standard InChI is InChI=1S/C14H10ClN3O/c15-11-5-3-4-10(8-11)12-9-14(19)18(17-12)13-6-1-2-7-16-13/h1-9,19H. The van der Waals surface area contributed by atoms with Gasteiger partial charge in [0.25, 0.3) is 0 Å². The average molecular weight is 272 g/mol. The van der Waals surface area contributed by atoms with E-state index in [1.165, 1.54) is 4.68 Å². The normalized spacial score (nSPS) is 10.6. The lowest BCUT2D eigenvalue weighted by molar-refractivity contribution is 0.432. The first-order valence-corrected chi connectivity index (χ1v) is 6.08. The number of pyridine rings is 1. The van der Waals surface area contributed by atoms with Crippen molar-refractivity contribution in [3.05, 3.63) is 59.8 Å². The highest BCUT2D eigenvalue weighted by molar-refractivity contribution is 6.30. The molecule has 0 saturated heterocycles. The van der Waals surface area contributed by atoms with Crippen molar-refractivity contribution in [1.29, 1.82) is 0 Å². The molecule has 1 aromatic carbocycles. The Labute approximate surface area is 114 Å². The van der Waals surface area contributed by atoms with Gasteiger partial charge in [-0.15, -0.1) is 0 Å². The summed E-state index contributed by atoms with van der Waals surface area (Å²) >= 11 is 5.95. The summed E-state index contributed by atoms with van der Waals surface area (Å²) < 4.78 is 1.39.